The molecule has 0 saturated carbocycles. The zero-order valence-corrected chi connectivity index (χ0v) is 15.7. The van der Waals surface area contributed by atoms with Crippen LogP contribution in [0.3, 0.4) is 0 Å². The summed E-state index contributed by atoms with van der Waals surface area (Å²) in [6.07, 6.45) is 0. The Labute approximate surface area is 154 Å². The molecule has 0 aliphatic heterocycles. The van der Waals surface area contributed by atoms with Gasteiger partial charge in [0.05, 0.1) is 22.5 Å². The molecule has 6 heteroatoms. The Morgan fingerprint density at radius 2 is 1.92 bits per heavy atom. The van der Waals surface area contributed by atoms with Crippen LogP contribution in [-0.4, -0.2) is 21.8 Å². The number of rotatable bonds is 5. The van der Waals surface area contributed by atoms with Crippen LogP contribution in [0, 0.1) is 6.92 Å². The van der Waals surface area contributed by atoms with Crippen LogP contribution in [-0.2, 0) is 16.1 Å². The van der Waals surface area contributed by atoms with Gasteiger partial charge in [0.15, 0.2) is 10.2 Å². The Morgan fingerprint density at radius 3 is 2.64 bits per heavy atom. The molecule has 1 heterocycles. The Bertz CT molecular complexity index is 906. The molecule has 0 fully saturated rings. The number of nitrogens with zero attached hydrogens (tertiary/aromatic N) is 2. The van der Waals surface area contributed by atoms with Gasteiger partial charge in [-0.15, -0.1) is 0 Å². The molecule has 4 nitrogen and oxygen atoms in total. The van der Waals surface area contributed by atoms with Crippen LogP contribution in [0.1, 0.15) is 18.1 Å². The van der Waals surface area contributed by atoms with Gasteiger partial charge in [-0.3, -0.25) is 14.5 Å². The molecule has 0 atom stereocenters. The van der Waals surface area contributed by atoms with E-state index in [-0.39, 0.29) is 16.8 Å². The maximum atomic E-state index is 12.7. The average molecular weight is 370 g/mol. The summed E-state index contributed by atoms with van der Waals surface area (Å²) in [5.41, 5.74) is 3.07. The molecule has 0 aliphatic rings. The van der Waals surface area contributed by atoms with Crippen LogP contribution >= 0.6 is 23.1 Å². The van der Waals surface area contributed by atoms with Crippen LogP contribution in [0.25, 0.3) is 10.2 Å². The zero-order valence-electron chi connectivity index (χ0n) is 14.1. The standard InChI is InChI=1S/C19H18N2O2S2/c1-13-8-9-16-17(10-13)25-19(20-16)21(18(23)12-24-14(2)22)11-15-6-4-3-5-7-15/h3-10H,11-12H2,1-2H3. The quantitative estimate of drug-likeness (QED) is 0.667. The molecular formula is C19H18N2O2S2. The molecule has 3 aromatic rings. The Kier molecular flexibility index (Phi) is 5.50. The summed E-state index contributed by atoms with van der Waals surface area (Å²) >= 11 is 2.53. The van der Waals surface area contributed by atoms with E-state index in [0.717, 1.165) is 33.1 Å². The summed E-state index contributed by atoms with van der Waals surface area (Å²) < 4.78 is 1.06. The molecule has 1 aromatic heterocycles. The summed E-state index contributed by atoms with van der Waals surface area (Å²) in [4.78, 5) is 30.2. The van der Waals surface area contributed by atoms with Gasteiger partial charge in [0.1, 0.15) is 0 Å². The summed E-state index contributed by atoms with van der Waals surface area (Å²) in [6.45, 7) is 3.95. The van der Waals surface area contributed by atoms with Crippen molar-refractivity contribution >= 4 is 49.5 Å². The SMILES string of the molecule is CC(=O)SCC(=O)N(Cc1ccccc1)c1nc2ccc(C)cc2s1. The van der Waals surface area contributed by atoms with Crippen LogP contribution in [0.2, 0.25) is 0 Å². The fraction of sp³-hybridized carbons (Fsp3) is 0.211. The molecule has 2 aromatic carbocycles. The van der Waals surface area contributed by atoms with Gasteiger partial charge in [-0.2, -0.15) is 0 Å². The Hall–Kier alpha value is -2.18. The third-order valence-electron chi connectivity index (χ3n) is 3.65. The van der Waals surface area contributed by atoms with Gasteiger partial charge in [0.25, 0.3) is 0 Å². The van der Waals surface area contributed by atoms with Gasteiger partial charge < -0.3 is 0 Å². The minimum atomic E-state index is -0.111. The van der Waals surface area contributed by atoms with Crippen molar-refractivity contribution < 1.29 is 9.59 Å². The van der Waals surface area contributed by atoms with E-state index in [4.69, 9.17) is 0 Å². The number of hydrogen-bond donors (Lipinski definition) is 0. The van der Waals surface area contributed by atoms with E-state index in [1.807, 2.05) is 49.4 Å². The number of thiazole rings is 1. The number of hydrogen-bond acceptors (Lipinski definition) is 5. The molecule has 25 heavy (non-hydrogen) atoms. The first-order valence-corrected chi connectivity index (χ1v) is 9.68. The second-order valence-corrected chi connectivity index (χ2v) is 7.87. The zero-order chi connectivity index (χ0) is 17.8. The lowest BCUT2D eigenvalue weighted by Gasteiger charge is -2.19. The highest BCUT2D eigenvalue weighted by Crippen LogP contribution is 2.31. The first kappa shape index (κ1) is 17.6. The van der Waals surface area contributed by atoms with Gasteiger partial charge in [-0.05, 0) is 30.2 Å². The number of aromatic nitrogens is 1. The largest absolute Gasteiger partial charge is 0.288 e. The fourth-order valence-electron chi connectivity index (χ4n) is 2.40. The lowest BCUT2D eigenvalue weighted by molar-refractivity contribution is -0.116. The fourth-order valence-corrected chi connectivity index (χ4v) is 3.97. The summed E-state index contributed by atoms with van der Waals surface area (Å²) in [6, 6.07) is 15.9. The lowest BCUT2D eigenvalue weighted by Crippen LogP contribution is -2.32. The molecule has 3 rings (SSSR count). The van der Waals surface area contributed by atoms with Crippen molar-refractivity contribution in [1.29, 1.82) is 0 Å². The number of carbonyl (C=O) groups excluding carboxylic acids is 2. The smallest absolute Gasteiger partial charge is 0.239 e. The first-order chi connectivity index (χ1) is 12.0. The Balaban J connectivity index is 1.93. The number of aryl methyl sites for hydroxylation is 1. The van der Waals surface area contributed by atoms with Crippen LogP contribution in [0.4, 0.5) is 5.13 Å². The highest BCUT2D eigenvalue weighted by Gasteiger charge is 2.20. The monoisotopic (exact) mass is 370 g/mol. The molecule has 1 amide bonds. The third-order valence-corrected chi connectivity index (χ3v) is 5.49. The van der Waals surface area contributed by atoms with Gasteiger partial charge >= 0.3 is 0 Å². The second-order valence-electron chi connectivity index (χ2n) is 5.71. The maximum absolute atomic E-state index is 12.7. The number of anilines is 1. The van der Waals surface area contributed by atoms with Crippen molar-refractivity contribution in [1.82, 2.24) is 4.98 Å². The van der Waals surface area contributed by atoms with Crippen LogP contribution in [0.5, 0.6) is 0 Å². The van der Waals surface area contributed by atoms with Gasteiger partial charge in [0.2, 0.25) is 5.91 Å². The summed E-state index contributed by atoms with van der Waals surface area (Å²) in [5.74, 6) is 0.0109. The highest BCUT2D eigenvalue weighted by atomic mass is 32.2. The number of amides is 1. The molecule has 0 radical (unpaired) electrons. The van der Waals surface area contributed by atoms with E-state index in [1.165, 1.54) is 18.3 Å². The van der Waals surface area contributed by atoms with E-state index < -0.39 is 0 Å². The minimum Gasteiger partial charge on any atom is -0.288 e. The van der Waals surface area contributed by atoms with Crippen LogP contribution in [0.15, 0.2) is 48.5 Å². The van der Waals surface area contributed by atoms with Gasteiger partial charge in [0, 0.05) is 6.92 Å². The predicted octanol–water partition coefficient (Wildman–Crippen LogP) is 4.42. The lowest BCUT2D eigenvalue weighted by atomic mass is 10.2. The highest BCUT2D eigenvalue weighted by molar-refractivity contribution is 8.14. The van der Waals surface area contributed by atoms with Crippen LogP contribution < -0.4 is 4.90 Å². The molecule has 0 bridgehead atoms. The van der Waals surface area contributed by atoms with Crippen molar-refractivity contribution in [2.45, 2.75) is 20.4 Å². The van der Waals surface area contributed by atoms with Gasteiger partial charge in [-0.1, -0.05) is 59.5 Å². The third kappa shape index (κ3) is 4.46. The van der Waals surface area contributed by atoms with E-state index in [0.29, 0.717) is 11.7 Å². The number of benzene rings is 2. The van der Waals surface area contributed by atoms with Crippen molar-refractivity contribution in [2.75, 3.05) is 10.7 Å². The van der Waals surface area contributed by atoms with Crippen molar-refractivity contribution in [2.24, 2.45) is 0 Å². The van der Waals surface area contributed by atoms with E-state index in [2.05, 4.69) is 11.1 Å². The molecule has 0 unspecified atom stereocenters. The number of thioether (sulfide) groups is 1. The van der Waals surface area contributed by atoms with Crippen molar-refractivity contribution in [3.8, 4) is 0 Å². The van der Waals surface area contributed by atoms with E-state index in [9.17, 15) is 9.59 Å². The predicted molar refractivity (Wildman–Crippen MR) is 105 cm³/mol. The molecule has 0 aliphatic carbocycles. The summed E-state index contributed by atoms with van der Waals surface area (Å²) in [7, 11) is 0. The molecule has 0 N–H and O–H groups in total. The second kappa shape index (κ2) is 7.80. The molecular weight excluding hydrogens is 352 g/mol. The number of carbonyl (C=O) groups is 2. The first-order valence-electron chi connectivity index (χ1n) is 7.88. The summed E-state index contributed by atoms with van der Waals surface area (Å²) in [5, 5.41) is 0.603. The Morgan fingerprint density at radius 1 is 1.16 bits per heavy atom. The molecule has 0 saturated heterocycles. The van der Waals surface area contributed by atoms with Gasteiger partial charge in [-0.25, -0.2) is 4.98 Å². The van der Waals surface area contributed by atoms with E-state index >= 15 is 0 Å². The molecule has 128 valence electrons. The normalized spacial score (nSPS) is 10.8. The maximum Gasteiger partial charge on any atom is 0.239 e. The molecule has 0 spiro atoms. The van der Waals surface area contributed by atoms with E-state index in [1.54, 1.807) is 4.90 Å². The minimum absolute atomic E-state index is 0.0621. The van der Waals surface area contributed by atoms with Crippen molar-refractivity contribution in [3.05, 3.63) is 59.7 Å². The topological polar surface area (TPSA) is 50.3 Å². The average Bonchev–Trinajstić information content (AvgIpc) is 3.01. The van der Waals surface area contributed by atoms with Crippen molar-refractivity contribution in [3.63, 3.8) is 0 Å². The number of fused-ring (bicyclic) bond motifs is 1.